The topological polar surface area (TPSA) is 70.7 Å². The number of nitrogens with zero attached hydrogens (tertiary/aromatic N) is 1. The number of sulfonamides is 1. The lowest BCUT2D eigenvalue weighted by atomic mass is 10.1. The van der Waals surface area contributed by atoms with E-state index in [1.807, 2.05) is 25.1 Å². The fraction of sp³-hybridized carbons (Fsp3) is 0.368. The molecule has 27 heavy (non-hydrogen) atoms. The van der Waals surface area contributed by atoms with Crippen molar-refractivity contribution in [1.82, 2.24) is 5.32 Å². The third-order valence-corrected chi connectivity index (χ3v) is 5.92. The molecule has 1 aliphatic rings. The van der Waals surface area contributed by atoms with Crippen LogP contribution in [0, 0.1) is 0 Å². The van der Waals surface area contributed by atoms with Gasteiger partial charge in [-0.25, -0.2) is 8.42 Å². The Bertz CT molecular complexity index is 868. The Hall–Kier alpha value is -1.96. The molecule has 1 fully saturated rings. The standard InChI is InChI=1S/C19H25N3O3S.ClH/c1-3-15-6-4-5-7-17(15)21-26(23,24)16-8-9-19(25-2)18(14-16)22-12-10-20-11-13-22;/h4-9,14,20-21H,3,10-13H2,1-2H3;1H. The third kappa shape index (κ3) is 4.86. The molecule has 1 heterocycles. The summed E-state index contributed by atoms with van der Waals surface area (Å²) in [6.45, 7) is 5.35. The number of para-hydroxylation sites is 1. The van der Waals surface area contributed by atoms with Crippen molar-refractivity contribution in [3.8, 4) is 5.75 Å². The van der Waals surface area contributed by atoms with Gasteiger partial charge in [-0.15, -0.1) is 12.4 Å². The van der Waals surface area contributed by atoms with Crippen LogP contribution in [0.3, 0.4) is 0 Å². The number of benzene rings is 2. The number of methoxy groups -OCH3 is 1. The Morgan fingerprint density at radius 3 is 2.52 bits per heavy atom. The van der Waals surface area contributed by atoms with E-state index in [0.717, 1.165) is 43.9 Å². The molecule has 0 spiro atoms. The molecule has 148 valence electrons. The molecular formula is C19H26ClN3O3S. The molecule has 1 aliphatic heterocycles. The maximum absolute atomic E-state index is 12.9. The maximum atomic E-state index is 12.9. The smallest absolute Gasteiger partial charge is 0.261 e. The van der Waals surface area contributed by atoms with Gasteiger partial charge in [0, 0.05) is 26.2 Å². The summed E-state index contributed by atoms with van der Waals surface area (Å²) in [7, 11) is -2.08. The first-order chi connectivity index (χ1) is 12.5. The van der Waals surface area contributed by atoms with Crippen LogP contribution in [0.25, 0.3) is 0 Å². The molecule has 8 heteroatoms. The molecule has 2 N–H and O–H groups in total. The number of hydrogen-bond donors (Lipinski definition) is 2. The van der Waals surface area contributed by atoms with E-state index in [2.05, 4.69) is 14.9 Å². The number of halogens is 1. The van der Waals surface area contributed by atoms with E-state index in [4.69, 9.17) is 4.74 Å². The lowest BCUT2D eigenvalue weighted by molar-refractivity contribution is 0.412. The highest BCUT2D eigenvalue weighted by Crippen LogP contribution is 2.32. The Morgan fingerprint density at radius 2 is 1.85 bits per heavy atom. The van der Waals surface area contributed by atoms with Crippen molar-refractivity contribution in [2.45, 2.75) is 18.2 Å². The van der Waals surface area contributed by atoms with Gasteiger partial charge in [0.2, 0.25) is 0 Å². The predicted octanol–water partition coefficient (Wildman–Crippen LogP) is 2.89. The zero-order valence-corrected chi connectivity index (χ0v) is 17.2. The van der Waals surface area contributed by atoms with E-state index in [-0.39, 0.29) is 17.3 Å². The van der Waals surface area contributed by atoms with E-state index in [0.29, 0.717) is 11.4 Å². The monoisotopic (exact) mass is 411 g/mol. The molecule has 0 unspecified atom stereocenters. The summed E-state index contributed by atoms with van der Waals surface area (Å²) in [6.07, 6.45) is 0.757. The fourth-order valence-electron chi connectivity index (χ4n) is 3.12. The summed E-state index contributed by atoms with van der Waals surface area (Å²) >= 11 is 0. The average molecular weight is 412 g/mol. The van der Waals surface area contributed by atoms with Gasteiger partial charge in [0.25, 0.3) is 10.0 Å². The van der Waals surface area contributed by atoms with E-state index in [1.165, 1.54) is 0 Å². The van der Waals surface area contributed by atoms with Crippen molar-refractivity contribution < 1.29 is 13.2 Å². The van der Waals surface area contributed by atoms with Crippen LogP contribution in [0.2, 0.25) is 0 Å². The van der Waals surface area contributed by atoms with Crippen molar-refractivity contribution >= 4 is 33.8 Å². The number of piperazine rings is 1. The molecule has 0 atom stereocenters. The molecule has 2 aromatic rings. The number of anilines is 2. The molecule has 0 bridgehead atoms. The molecule has 6 nitrogen and oxygen atoms in total. The first-order valence-corrected chi connectivity index (χ1v) is 10.3. The van der Waals surface area contributed by atoms with Crippen molar-refractivity contribution in [2.75, 3.05) is 42.9 Å². The Kier molecular flexibility index (Phi) is 7.35. The van der Waals surface area contributed by atoms with Gasteiger partial charge >= 0.3 is 0 Å². The fourth-order valence-corrected chi connectivity index (χ4v) is 4.24. The summed E-state index contributed by atoms with van der Waals surface area (Å²) < 4.78 is 34.0. The summed E-state index contributed by atoms with van der Waals surface area (Å²) in [5, 5.41) is 3.30. The third-order valence-electron chi connectivity index (χ3n) is 4.56. The Morgan fingerprint density at radius 1 is 1.15 bits per heavy atom. The van der Waals surface area contributed by atoms with Crippen molar-refractivity contribution in [1.29, 1.82) is 0 Å². The second-order valence-corrected chi connectivity index (χ2v) is 7.87. The predicted molar refractivity (Wildman–Crippen MR) is 112 cm³/mol. The second-order valence-electron chi connectivity index (χ2n) is 6.19. The molecule has 0 radical (unpaired) electrons. The zero-order chi connectivity index (χ0) is 18.6. The van der Waals surface area contributed by atoms with Crippen LogP contribution in [0.5, 0.6) is 5.75 Å². The van der Waals surface area contributed by atoms with E-state index < -0.39 is 10.0 Å². The number of aryl methyl sites for hydroxylation is 1. The molecule has 1 saturated heterocycles. The highest BCUT2D eigenvalue weighted by atomic mass is 35.5. The molecule has 0 amide bonds. The maximum Gasteiger partial charge on any atom is 0.261 e. The van der Waals surface area contributed by atoms with Gasteiger partial charge in [0.15, 0.2) is 0 Å². The minimum Gasteiger partial charge on any atom is -0.495 e. The van der Waals surface area contributed by atoms with Crippen LogP contribution >= 0.6 is 12.4 Å². The first kappa shape index (κ1) is 21.3. The Labute approximate surface area is 167 Å². The molecule has 2 aromatic carbocycles. The summed E-state index contributed by atoms with van der Waals surface area (Å²) in [6, 6.07) is 12.5. The van der Waals surface area contributed by atoms with E-state index in [1.54, 1.807) is 31.4 Å². The number of hydrogen-bond acceptors (Lipinski definition) is 5. The zero-order valence-electron chi connectivity index (χ0n) is 15.6. The van der Waals surface area contributed by atoms with E-state index >= 15 is 0 Å². The quantitative estimate of drug-likeness (QED) is 0.764. The van der Waals surface area contributed by atoms with Crippen LogP contribution in [0.4, 0.5) is 11.4 Å². The molecular weight excluding hydrogens is 386 g/mol. The van der Waals surface area contributed by atoms with Gasteiger partial charge in [-0.2, -0.15) is 0 Å². The molecule has 0 aromatic heterocycles. The summed E-state index contributed by atoms with van der Waals surface area (Å²) in [5.74, 6) is 0.680. The SMILES string of the molecule is CCc1ccccc1NS(=O)(=O)c1ccc(OC)c(N2CCNCC2)c1.Cl. The van der Waals surface area contributed by atoms with Gasteiger partial charge in [0.1, 0.15) is 5.75 Å². The molecule has 0 aliphatic carbocycles. The van der Waals surface area contributed by atoms with Gasteiger partial charge in [-0.3, -0.25) is 4.72 Å². The number of ether oxygens (including phenoxy) is 1. The normalized spacial score (nSPS) is 14.4. The lowest BCUT2D eigenvalue weighted by Gasteiger charge is -2.30. The van der Waals surface area contributed by atoms with Crippen molar-refractivity contribution in [2.24, 2.45) is 0 Å². The minimum atomic E-state index is -3.68. The van der Waals surface area contributed by atoms with E-state index in [9.17, 15) is 8.42 Å². The highest BCUT2D eigenvalue weighted by molar-refractivity contribution is 7.92. The minimum absolute atomic E-state index is 0. The first-order valence-electron chi connectivity index (χ1n) is 8.79. The van der Waals surface area contributed by atoms with Crippen LogP contribution < -0.4 is 19.7 Å². The lowest BCUT2D eigenvalue weighted by Crippen LogP contribution is -2.43. The van der Waals surface area contributed by atoms with Crippen LogP contribution in [-0.2, 0) is 16.4 Å². The van der Waals surface area contributed by atoms with Crippen molar-refractivity contribution in [3.63, 3.8) is 0 Å². The van der Waals surface area contributed by atoms with Crippen LogP contribution in [0.15, 0.2) is 47.4 Å². The second kappa shape index (κ2) is 9.30. The number of rotatable bonds is 6. The highest BCUT2D eigenvalue weighted by Gasteiger charge is 2.21. The molecule has 3 rings (SSSR count). The van der Waals surface area contributed by atoms with Crippen LogP contribution in [-0.4, -0.2) is 41.7 Å². The number of nitrogens with one attached hydrogen (secondary N) is 2. The van der Waals surface area contributed by atoms with Gasteiger partial charge < -0.3 is 15.0 Å². The van der Waals surface area contributed by atoms with Gasteiger partial charge in [-0.05, 0) is 36.2 Å². The average Bonchev–Trinajstić information content (AvgIpc) is 2.68. The largest absolute Gasteiger partial charge is 0.495 e. The van der Waals surface area contributed by atoms with Gasteiger partial charge in [-0.1, -0.05) is 25.1 Å². The molecule has 0 saturated carbocycles. The summed E-state index contributed by atoms with van der Waals surface area (Å²) in [5.41, 5.74) is 2.39. The Balaban J connectivity index is 0.00000261. The van der Waals surface area contributed by atoms with Gasteiger partial charge in [0.05, 0.1) is 23.4 Å². The van der Waals surface area contributed by atoms with Crippen molar-refractivity contribution in [3.05, 3.63) is 48.0 Å². The van der Waals surface area contributed by atoms with Crippen LogP contribution in [0.1, 0.15) is 12.5 Å². The summed E-state index contributed by atoms with van der Waals surface area (Å²) in [4.78, 5) is 2.38.